The number of hydrogen-bond donors (Lipinski definition) is 1. The molecule has 0 bridgehead atoms. The van der Waals surface area contributed by atoms with Crippen LogP contribution in [-0.2, 0) is 4.79 Å². The van der Waals surface area contributed by atoms with Crippen molar-refractivity contribution in [1.29, 1.82) is 0 Å². The van der Waals surface area contributed by atoms with Gasteiger partial charge >= 0.3 is 0 Å². The minimum absolute atomic E-state index is 0.0879. The summed E-state index contributed by atoms with van der Waals surface area (Å²) in [4.78, 5) is 17.4. The van der Waals surface area contributed by atoms with E-state index in [0.29, 0.717) is 17.7 Å². The molecule has 0 radical (unpaired) electrons. The second-order valence-corrected chi connectivity index (χ2v) is 8.08. The van der Waals surface area contributed by atoms with Crippen LogP contribution in [0.5, 0.6) is 0 Å². The summed E-state index contributed by atoms with van der Waals surface area (Å²) in [5.74, 6) is 1.45. The van der Waals surface area contributed by atoms with E-state index in [1.807, 2.05) is 0 Å². The molecule has 1 amide bonds. The average molecular weight is 292 g/mol. The molecular formula is C16H24N2OS. The molecule has 3 nitrogen and oxygen atoms in total. The monoisotopic (exact) mass is 292 g/mol. The molecule has 3 rings (SSSR count). The number of rotatable bonds is 4. The molecule has 0 aromatic carbocycles. The number of thiophene rings is 1. The molecule has 2 unspecified atom stereocenters. The fraction of sp³-hybridized carbons (Fsp3) is 0.688. The normalized spacial score (nSPS) is 25.8. The zero-order valence-corrected chi connectivity index (χ0v) is 13.6. The van der Waals surface area contributed by atoms with Crippen LogP contribution in [0.1, 0.15) is 49.5 Å². The van der Waals surface area contributed by atoms with Crippen LogP contribution in [0, 0.1) is 18.8 Å². The Kier molecular flexibility index (Phi) is 3.41. The lowest BCUT2D eigenvalue weighted by Gasteiger charge is -2.28. The fourth-order valence-corrected chi connectivity index (χ4v) is 3.75. The first kappa shape index (κ1) is 14.1. The van der Waals surface area contributed by atoms with E-state index in [2.05, 4.69) is 50.0 Å². The maximum Gasteiger partial charge on any atom is 0.244 e. The Balaban J connectivity index is 1.85. The molecule has 1 spiro atoms. The Bertz CT molecular complexity index is 518. The first-order valence-corrected chi connectivity index (χ1v) is 8.40. The van der Waals surface area contributed by atoms with E-state index < -0.39 is 0 Å². The van der Waals surface area contributed by atoms with Gasteiger partial charge in [-0.3, -0.25) is 10.1 Å². The SMILES string of the molecule is Cc1ccc(C2NC3(CC3)C(=O)N2CC(C)C(C)C)s1. The second kappa shape index (κ2) is 4.85. The Morgan fingerprint density at radius 2 is 2.10 bits per heavy atom. The van der Waals surface area contributed by atoms with Crippen molar-refractivity contribution in [3.05, 3.63) is 21.9 Å². The van der Waals surface area contributed by atoms with Crippen LogP contribution in [0.25, 0.3) is 0 Å². The minimum Gasteiger partial charge on any atom is -0.320 e. The number of amides is 1. The van der Waals surface area contributed by atoms with Gasteiger partial charge in [-0.2, -0.15) is 0 Å². The van der Waals surface area contributed by atoms with Crippen molar-refractivity contribution < 1.29 is 4.79 Å². The number of carbonyl (C=O) groups excluding carboxylic acids is 1. The van der Waals surface area contributed by atoms with Crippen molar-refractivity contribution in [2.24, 2.45) is 11.8 Å². The number of hydrogen-bond acceptors (Lipinski definition) is 3. The highest BCUT2D eigenvalue weighted by Gasteiger charge is 2.59. The van der Waals surface area contributed by atoms with Gasteiger partial charge in [0.2, 0.25) is 5.91 Å². The van der Waals surface area contributed by atoms with Crippen LogP contribution in [0.2, 0.25) is 0 Å². The predicted octanol–water partition coefficient (Wildman–Crippen LogP) is 3.31. The second-order valence-electron chi connectivity index (χ2n) is 6.76. The van der Waals surface area contributed by atoms with Gasteiger partial charge in [0.25, 0.3) is 0 Å². The molecular weight excluding hydrogens is 268 g/mol. The van der Waals surface area contributed by atoms with Gasteiger partial charge in [0.05, 0.1) is 0 Å². The predicted molar refractivity (Wildman–Crippen MR) is 82.6 cm³/mol. The molecule has 1 aliphatic heterocycles. The Morgan fingerprint density at radius 1 is 1.40 bits per heavy atom. The molecule has 1 aliphatic carbocycles. The molecule has 2 aliphatic rings. The molecule has 1 N–H and O–H groups in total. The van der Waals surface area contributed by atoms with E-state index in [4.69, 9.17) is 0 Å². The average Bonchev–Trinajstić information content (AvgIpc) is 2.98. The van der Waals surface area contributed by atoms with E-state index >= 15 is 0 Å². The summed E-state index contributed by atoms with van der Waals surface area (Å²) in [6.07, 6.45) is 2.09. The number of aryl methyl sites for hydroxylation is 1. The summed E-state index contributed by atoms with van der Waals surface area (Å²) >= 11 is 1.80. The minimum atomic E-state index is -0.223. The highest BCUT2D eigenvalue weighted by atomic mass is 32.1. The van der Waals surface area contributed by atoms with E-state index in [9.17, 15) is 4.79 Å². The maximum absolute atomic E-state index is 12.7. The van der Waals surface area contributed by atoms with Gasteiger partial charge in [0.15, 0.2) is 0 Å². The number of nitrogens with zero attached hydrogens (tertiary/aromatic N) is 1. The van der Waals surface area contributed by atoms with Gasteiger partial charge < -0.3 is 4.90 Å². The lowest BCUT2D eigenvalue weighted by atomic mass is 9.97. The smallest absolute Gasteiger partial charge is 0.244 e. The lowest BCUT2D eigenvalue weighted by Crippen LogP contribution is -2.36. The van der Waals surface area contributed by atoms with Gasteiger partial charge in [0.1, 0.15) is 11.7 Å². The van der Waals surface area contributed by atoms with Crippen LogP contribution >= 0.6 is 11.3 Å². The molecule has 20 heavy (non-hydrogen) atoms. The quantitative estimate of drug-likeness (QED) is 0.923. The Labute approximate surface area is 125 Å². The van der Waals surface area contributed by atoms with Gasteiger partial charge in [-0.1, -0.05) is 20.8 Å². The van der Waals surface area contributed by atoms with Crippen molar-refractivity contribution in [3.63, 3.8) is 0 Å². The first-order valence-electron chi connectivity index (χ1n) is 7.58. The zero-order valence-electron chi connectivity index (χ0n) is 12.8. The maximum atomic E-state index is 12.7. The van der Waals surface area contributed by atoms with Crippen LogP contribution in [0.3, 0.4) is 0 Å². The van der Waals surface area contributed by atoms with Gasteiger partial charge in [0, 0.05) is 16.3 Å². The van der Waals surface area contributed by atoms with Gasteiger partial charge in [-0.15, -0.1) is 11.3 Å². The van der Waals surface area contributed by atoms with Crippen LogP contribution in [-0.4, -0.2) is 22.9 Å². The highest BCUT2D eigenvalue weighted by Crippen LogP contribution is 2.47. The molecule has 1 saturated heterocycles. The third kappa shape index (κ3) is 2.29. The molecule has 2 atom stereocenters. The summed E-state index contributed by atoms with van der Waals surface area (Å²) in [6, 6.07) is 4.31. The standard InChI is InChI=1S/C16H24N2OS/c1-10(2)11(3)9-18-14(13-6-5-12(4)20-13)17-16(7-8-16)15(18)19/h5-6,10-11,14,17H,7-9H2,1-4H3. The number of nitrogens with one attached hydrogen (secondary N) is 1. The van der Waals surface area contributed by atoms with Crippen molar-refractivity contribution in [3.8, 4) is 0 Å². The molecule has 1 aromatic rings. The molecule has 110 valence electrons. The van der Waals surface area contributed by atoms with Crippen LogP contribution in [0.15, 0.2) is 12.1 Å². The van der Waals surface area contributed by atoms with Crippen molar-refractivity contribution in [1.82, 2.24) is 10.2 Å². The third-order valence-corrected chi connectivity index (χ3v) is 5.85. The van der Waals surface area contributed by atoms with E-state index in [-0.39, 0.29) is 11.7 Å². The molecule has 2 fully saturated rings. The van der Waals surface area contributed by atoms with Crippen molar-refractivity contribution in [2.75, 3.05) is 6.54 Å². The summed E-state index contributed by atoms with van der Waals surface area (Å²) in [5.41, 5.74) is -0.223. The fourth-order valence-electron chi connectivity index (χ4n) is 2.81. The van der Waals surface area contributed by atoms with Gasteiger partial charge in [-0.25, -0.2) is 0 Å². The van der Waals surface area contributed by atoms with Crippen LogP contribution < -0.4 is 5.32 Å². The summed E-state index contributed by atoms with van der Waals surface area (Å²) in [7, 11) is 0. The number of carbonyl (C=O) groups is 1. The lowest BCUT2D eigenvalue weighted by molar-refractivity contribution is -0.131. The molecule has 4 heteroatoms. The topological polar surface area (TPSA) is 32.3 Å². The molecule has 1 aromatic heterocycles. The first-order chi connectivity index (χ1) is 9.43. The van der Waals surface area contributed by atoms with Crippen LogP contribution in [0.4, 0.5) is 0 Å². The van der Waals surface area contributed by atoms with E-state index in [1.165, 1.54) is 9.75 Å². The largest absolute Gasteiger partial charge is 0.320 e. The Morgan fingerprint density at radius 3 is 2.60 bits per heavy atom. The van der Waals surface area contributed by atoms with E-state index in [0.717, 1.165) is 19.4 Å². The summed E-state index contributed by atoms with van der Waals surface area (Å²) in [6.45, 7) is 9.68. The van der Waals surface area contributed by atoms with Crippen molar-refractivity contribution in [2.45, 2.75) is 52.2 Å². The Hall–Kier alpha value is -0.870. The zero-order chi connectivity index (χ0) is 14.5. The highest BCUT2D eigenvalue weighted by molar-refractivity contribution is 7.12. The molecule has 1 saturated carbocycles. The summed E-state index contributed by atoms with van der Waals surface area (Å²) < 4.78 is 0. The molecule has 2 heterocycles. The summed E-state index contributed by atoms with van der Waals surface area (Å²) in [5, 5.41) is 3.60. The van der Waals surface area contributed by atoms with Gasteiger partial charge in [-0.05, 0) is 43.7 Å². The van der Waals surface area contributed by atoms with E-state index in [1.54, 1.807) is 11.3 Å². The van der Waals surface area contributed by atoms with Crippen molar-refractivity contribution >= 4 is 17.2 Å². The third-order valence-electron chi connectivity index (χ3n) is 4.80.